The standard InChI is InChI=1S/C18H17BrO3/c1-12-3-6-16(7-4-12)22-11-14-10-15(19)5-8-17(14)18(21)9-13(2)20/h3-8,10H,9,11H2,1-2H3. The van der Waals surface area contributed by atoms with Crippen molar-refractivity contribution in [3.8, 4) is 5.75 Å². The van der Waals surface area contributed by atoms with Crippen molar-refractivity contribution in [3.63, 3.8) is 0 Å². The molecule has 2 rings (SSSR count). The summed E-state index contributed by atoms with van der Waals surface area (Å²) in [6.45, 7) is 3.71. The lowest BCUT2D eigenvalue weighted by molar-refractivity contribution is -0.116. The zero-order valence-corrected chi connectivity index (χ0v) is 14.1. The third-order valence-electron chi connectivity index (χ3n) is 3.19. The zero-order valence-electron chi connectivity index (χ0n) is 12.6. The molecule has 0 fully saturated rings. The molecule has 0 aliphatic carbocycles. The molecule has 0 spiro atoms. The van der Waals surface area contributed by atoms with E-state index in [1.54, 1.807) is 12.1 Å². The van der Waals surface area contributed by atoms with Gasteiger partial charge in [0.2, 0.25) is 0 Å². The molecule has 0 saturated heterocycles. The summed E-state index contributed by atoms with van der Waals surface area (Å²) < 4.78 is 6.61. The molecule has 0 bridgehead atoms. The van der Waals surface area contributed by atoms with Gasteiger partial charge in [0, 0.05) is 15.6 Å². The number of hydrogen-bond donors (Lipinski definition) is 0. The van der Waals surface area contributed by atoms with Crippen LogP contribution in [0.25, 0.3) is 0 Å². The number of hydrogen-bond acceptors (Lipinski definition) is 3. The van der Waals surface area contributed by atoms with Crippen molar-refractivity contribution in [1.82, 2.24) is 0 Å². The van der Waals surface area contributed by atoms with Crippen molar-refractivity contribution in [2.24, 2.45) is 0 Å². The van der Waals surface area contributed by atoms with Crippen molar-refractivity contribution in [2.75, 3.05) is 0 Å². The zero-order chi connectivity index (χ0) is 16.1. The van der Waals surface area contributed by atoms with E-state index in [0.29, 0.717) is 5.56 Å². The average Bonchev–Trinajstić information content (AvgIpc) is 2.46. The fourth-order valence-corrected chi connectivity index (χ4v) is 2.48. The number of carbonyl (C=O) groups is 2. The maximum atomic E-state index is 12.2. The topological polar surface area (TPSA) is 43.4 Å². The second-order valence-electron chi connectivity index (χ2n) is 5.21. The Labute approximate surface area is 138 Å². The number of aryl methyl sites for hydroxylation is 1. The minimum absolute atomic E-state index is 0.0842. The molecule has 2 aromatic carbocycles. The predicted octanol–water partition coefficient (Wildman–Crippen LogP) is 4.50. The monoisotopic (exact) mass is 360 g/mol. The molecule has 0 aromatic heterocycles. The van der Waals surface area contributed by atoms with Crippen molar-refractivity contribution < 1.29 is 14.3 Å². The van der Waals surface area contributed by atoms with E-state index in [2.05, 4.69) is 15.9 Å². The molecule has 114 valence electrons. The van der Waals surface area contributed by atoms with Crippen LogP contribution in [-0.4, -0.2) is 11.6 Å². The van der Waals surface area contributed by atoms with Gasteiger partial charge >= 0.3 is 0 Å². The first-order valence-corrected chi connectivity index (χ1v) is 7.75. The summed E-state index contributed by atoms with van der Waals surface area (Å²) in [5.74, 6) is 0.427. The van der Waals surface area contributed by atoms with Crippen molar-refractivity contribution >= 4 is 27.5 Å². The molecule has 2 aromatic rings. The Kier molecular flexibility index (Phi) is 5.50. The van der Waals surface area contributed by atoms with Crippen molar-refractivity contribution in [2.45, 2.75) is 26.9 Å². The lowest BCUT2D eigenvalue weighted by atomic mass is 10.0. The van der Waals surface area contributed by atoms with E-state index in [1.165, 1.54) is 6.92 Å². The van der Waals surface area contributed by atoms with Gasteiger partial charge in [-0.3, -0.25) is 9.59 Å². The smallest absolute Gasteiger partial charge is 0.170 e. The number of Topliss-reactive ketones (excluding diaryl/α,β-unsaturated/α-hetero) is 2. The first kappa shape index (κ1) is 16.4. The second-order valence-corrected chi connectivity index (χ2v) is 6.12. The highest BCUT2D eigenvalue weighted by atomic mass is 79.9. The Morgan fingerprint density at radius 3 is 2.41 bits per heavy atom. The van der Waals surface area contributed by atoms with Crippen LogP contribution in [0.5, 0.6) is 5.75 Å². The van der Waals surface area contributed by atoms with Crippen LogP contribution < -0.4 is 4.74 Å². The summed E-state index contributed by atoms with van der Waals surface area (Å²) in [4.78, 5) is 23.3. The number of benzene rings is 2. The molecule has 0 N–H and O–H groups in total. The van der Waals surface area contributed by atoms with Crippen LogP contribution in [0.2, 0.25) is 0 Å². The van der Waals surface area contributed by atoms with Crippen LogP contribution in [0.4, 0.5) is 0 Å². The van der Waals surface area contributed by atoms with Gasteiger partial charge in [-0.05, 0) is 44.2 Å². The van der Waals surface area contributed by atoms with E-state index < -0.39 is 0 Å². The second kappa shape index (κ2) is 7.36. The fraction of sp³-hybridized carbons (Fsp3) is 0.222. The Hall–Kier alpha value is -1.94. The number of rotatable bonds is 6. The summed E-state index contributed by atoms with van der Waals surface area (Å²) >= 11 is 3.40. The molecule has 0 aliphatic heterocycles. The molecular weight excluding hydrogens is 344 g/mol. The molecule has 0 radical (unpaired) electrons. The van der Waals surface area contributed by atoms with E-state index >= 15 is 0 Å². The lowest BCUT2D eigenvalue weighted by Crippen LogP contribution is -2.09. The van der Waals surface area contributed by atoms with Crippen LogP contribution >= 0.6 is 15.9 Å². The van der Waals surface area contributed by atoms with E-state index in [1.807, 2.05) is 37.3 Å². The summed E-state index contributed by atoms with van der Waals surface area (Å²) in [5, 5.41) is 0. The van der Waals surface area contributed by atoms with Gasteiger partial charge in [-0.2, -0.15) is 0 Å². The predicted molar refractivity (Wildman–Crippen MR) is 89.3 cm³/mol. The largest absolute Gasteiger partial charge is 0.489 e. The quantitative estimate of drug-likeness (QED) is 0.562. The number of ether oxygens (including phenoxy) is 1. The van der Waals surface area contributed by atoms with Gasteiger partial charge in [-0.25, -0.2) is 0 Å². The third kappa shape index (κ3) is 4.53. The SMILES string of the molecule is CC(=O)CC(=O)c1ccc(Br)cc1COc1ccc(C)cc1. The number of ketones is 2. The molecule has 4 heteroatoms. The summed E-state index contributed by atoms with van der Waals surface area (Å²) in [7, 11) is 0. The van der Waals surface area contributed by atoms with Crippen LogP contribution in [0.3, 0.4) is 0 Å². The molecule has 0 unspecified atom stereocenters. The van der Waals surface area contributed by atoms with Gasteiger partial charge in [0.25, 0.3) is 0 Å². The van der Waals surface area contributed by atoms with Gasteiger partial charge < -0.3 is 4.74 Å². The molecule has 0 aliphatic rings. The molecular formula is C18H17BrO3. The number of carbonyl (C=O) groups excluding carboxylic acids is 2. The molecule has 0 atom stereocenters. The summed E-state index contributed by atoms with van der Waals surface area (Å²) in [5.41, 5.74) is 2.46. The molecule has 3 nitrogen and oxygen atoms in total. The van der Waals surface area contributed by atoms with E-state index in [0.717, 1.165) is 21.3 Å². The first-order valence-electron chi connectivity index (χ1n) is 6.96. The van der Waals surface area contributed by atoms with Gasteiger partial charge in [0.05, 0.1) is 6.42 Å². The normalized spacial score (nSPS) is 10.3. The van der Waals surface area contributed by atoms with Gasteiger partial charge in [-0.1, -0.05) is 33.6 Å². The molecule has 0 heterocycles. The maximum absolute atomic E-state index is 12.2. The van der Waals surface area contributed by atoms with Crippen molar-refractivity contribution in [3.05, 3.63) is 63.6 Å². The molecule has 0 amide bonds. The Morgan fingerprint density at radius 1 is 1.09 bits per heavy atom. The average molecular weight is 361 g/mol. The van der Waals surface area contributed by atoms with Crippen LogP contribution in [0, 0.1) is 6.92 Å². The minimum atomic E-state index is -0.178. The minimum Gasteiger partial charge on any atom is -0.489 e. The summed E-state index contributed by atoms with van der Waals surface area (Å²) in [6.07, 6.45) is -0.0842. The van der Waals surface area contributed by atoms with E-state index in [9.17, 15) is 9.59 Å². The van der Waals surface area contributed by atoms with Crippen LogP contribution in [0.1, 0.15) is 34.8 Å². The molecule has 22 heavy (non-hydrogen) atoms. The van der Waals surface area contributed by atoms with Crippen molar-refractivity contribution in [1.29, 1.82) is 0 Å². The highest BCUT2D eigenvalue weighted by Crippen LogP contribution is 2.21. The highest BCUT2D eigenvalue weighted by Gasteiger charge is 2.14. The third-order valence-corrected chi connectivity index (χ3v) is 3.69. The molecule has 0 saturated carbocycles. The van der Waals surface area contributed by atoms with Crippen LogP contribution in [0.15, 0.2) is 46.9 Å². The van der Waals surface area contributed by atoms with Gasteiger partial charge in [-0.15, -0.1) is 0 Å². The van der Waals surface area contributed by atoms with E-state index in [-0.39, 0.29) is 24.6 Å². The van der Waals surface area contributed by atoms with Crippen LogP contribution in [-0.2, 0) is 11.4 Å². The Morgan fingerprint density at radius 2 is 1.77 bits per heavy atom. The fourth-order valence-electron chi connectivity index (χ4n) is 2.07. The number of halogens is 1. The van der Waals surface area contributed by atoms with Gasteiger partial charge in [0.15, 0.2) is 5.78 Å². The highest BCUT2D eigenvalue weighted by molar-refractivity contribution is 9.10. The summed E-state index contributed by atoms with van der Waals surface area (Å²) in [6, 6.07) is 13.1. The Bertz CT molecular complexity index is 690. The van der Waals surface area contributed by atoms with E-state index in [4.69, 9.17) is 4.74 Å². The first-order chi connectivity index (χ1) is 10.5. The lowest BCUT2D eigenvalue weighted by Gasteiger charge is -2.11. The maximum Gasteiger partial charge on any atom is 0.170 e. The van der Waals surface area contributed by atoms with Gasteiger partial charge in [0.1, 0.15) is 18.1 Å². The Balaban J connectivity index is 2.18.